The molecule has 36 heavy (non-hydrogen) atoms. The maximum atomic E-state index is 12.9. The summed E-state index contributed by atoms with van der Waals surface area (Å²) in [6.07, 6.45) is 6.05. The molecule has 7 heteroatoms. The average molecular weight is 501 g/mol. The molecule has 2 amide bonds. The third-order valence-corrected chi connectivity index (χ3v) is 8.07. The number of carbonyl (C=O) groups is 1. The van der Waals surface area contributed by atoms with Crippen LogP contribution in [0.4, 0.5) is 4.79 Å². The van der Waals surface area contributed by atoms with Gasteiger partial charge in [0.15, 0.2) is 0 Å². The first kappa shape index (κ1) is 24.3. The summed E-state index contributed by atoms with van der Waals surface area (Å²) in [5.41, 5.74) is 5.11. The molecule has 1 aliphatic carbocycles. The van der Waals surface area contributed by atoms with E-state index in [1.165, 1.54) is 23.1 Å². The number of amides is 2. The highest BCUT2D eigenvalue weighted by atomic mass is 32.1. The quantitative estimate of drug-likeness (QED) is 0.430. The predicted octanol–water partition coefficient (Wildman–Crippen LogP) is 6.56. The van der Waals surface area contributed by atoms with Crippen LogP contribution in [0.3, 0.4) is 0 Å². The van der Waals surface area contributed by atoms with Gasteiger partial charge in [0.05, 0.1) is 22.6 Å². The Morgan fingerprint density at radius 1 is 1.28 bits per heavy atom. The number of rotatable bonds is 5. The highest BCUT2D eigenvalue weighted by Gasteiger charge is 2.29. The van der Waals surface area contributed by atoms with Gasteiger partial charge in [-0.05, 0) is 80.3 Å². The van der Waals surface area contributed by atoms with Gasteiger partial charge in [-0.25, -0.2) is 9.78 Å². The summed E-state index contributed by atoms with van der Waals surface area (Å²) in [6, 6.07) is 14.4. The van der Waals surface area contributed by atoms with Crippen molar-refractivity contribution in [1.82, 2.24) is 15.2 Å². The van der Waals surface area contributed by atoms with Crippen molar-refractivity contribution in [1.29, 1.82) is 5.26 Å². The third kappa shape index (κ3) is 4.96. The first-order chi connectivity index (χ1) is 17.4. The molecule has 186 valence electrons. The van der Waals surface area contributed by atoms with E-state index >= 15 is 0 Å². The molecule has 1 fully saturated rings. The number of nitrogens with one attached hydrogen (secondary N) is 1. The van der Waals surface area contributed by atoms with Crippen molar-refractivity contribution in [3.05, 3.63) is 59.3 Å². The summed E-state index contributed by atoms with van der Waals surface area (Å²) in [5.74, 6) is 1.16. The number of ether oxygens (including phenoxy) is 1. The minimum absolute atomic E-state index is 0.00612. The lowest BCUT2D eigenvalue weighted by molar-refractivity contribution is 0.166. The fraction of sp³-hybridized carbons (Fsp3) is 0.414. The molecule has 0 bridgehead atoms. The Labute approximate surface area is 216 Å². The fourth-order valence-corrected chi connectivity index (χ4v) is 6.25. The van der Waals surface area contributed by atoms with Crippen LogP contribution in [-0.2, 0) is 6.42 Å². The second-order valence-electron chi connectivity index (χ2n) is 10.1. The van der Waals surface area contributed by atoms with E-state index in [0.29, 0.717) is 17.2 Å². The zero-order chi connectivity index (χ0) is 25.2. The summed E-state index contributed by atoms with van der Waals surface area (Å²) >= 11 is 1.63. The van der Waals surface area contributed by atoms with Gasteiger partial charge in [0.1, 0.15) is 16.8 Å². The number of carbonyl (C=O) groups excluding carboxylic acids is 1. The summed E-state index contributed by atoms with van der Waals surface area (Å²) in [4.78, 5) is 20.7. The lowest BCUT2D eigenvalue weighted by atomic mass is 10.0. The number of piperidine rings is 1. The standard InChI is InChI=1S/C29H32N4O2S/c1-18(2)35-26-12-9-20(14-21(26)15-30)28-31-16-27(36-28)24-8-4-7-23-22(24)10-11-25(23)32-29(34)33-13-5-6-19(3)17-33/h4,7-9,12,14,16,18-19,25H,5-6,10-11,13,17H2,1-3H3,(H,32,34)/t19-,25+/m1/s1. The molecular formula is C29H32N4O2S. The minimum Gasteiger partial charge on any atom is -0.490 e. The van der Waals surface area contributed by atoms with E-state index in [4.69, 9.17) is 4.74 Å². The number of nitriles is 1. The van der Waals surface area contributed by atoms with Gasteiger partial charge in [0.2, 0.25) is 0 Å². The van der Waals surface area contributed by atoms with E-state index in [1.54, 1.807) is 11.3 Å². The summed E-state index contributed by atoms with van der Waals surface area (Å²) < 4.78 is 5.76. The molecule has 1 saturated heterocycles. The number of nitrogens with zero attached hydrogens (tertiary/aromatic N) is 3. The van der Waals surface area contributed by atoms with E-state index in [2.05, 4.69) is 41.5 Å². The Morgan fingerprint density at radius 3 is 2.92 bits per heavy atom. The molecule has 5 rings (SSSR count). The van der Waals surface area contributed by atoms with Crippen LogP contribution in [0.25, 0.3) is 21.0 Å². The van der Waals surface area contributed by atoms with Crippen LogP contribution in [0.1, 0.15) is 62.8 Å². The fourth-order valence-electron chi connectivity index (χ4n) is 5.29. The second kappa shape index (κ2) is 10.3. The van der Waals surface area contributed by atoms with Crippen molar-refractivity contribution < 1.29 is 9.53 Å². The molecule has 1 aromatic heterocycles. The summed E-state index contributed by atoms with van der Waals surface area (Å²) in [7, 11) is 0. The second-order valence-corrected chi connectivity index (χ2v) is 11.2. The van der Waals surface area contributed by atoms with Crippen LogP contribution in [-0.4, -0.2) is 35.1 Å². The highest BCUT2D eigenvalue weighted by molar-refractivity contribution is 7.18. The van der Waals surface area contributed by atoms with Gasteiger partial charge >= 0.3 is 6.03 Å². The highest BCUT2D eigenvalue weighted by Crippen LogP contribution is 2.41. The predicted molar refractivity (Wildman–Crippen MR) is 143 cm³/mol. The number of hydrogen-bond acceptors (Lipinski definition) is 5. The van der Waals surface area contributed by atoms with Crippen LogP contribution in [0.5, 0.6) is 5.75 Å². The van der Waals surface area contributed by atoms with Crippen molar-refractivity contribution in [3.63, 3.8) is 0 Å². The molecule has 2 aromatic carbocycles. The number of benzene rings is 2. The molecule has 1 aliphatic heterocycles. The average Bonchev–Trinajstić information content (AvgIpc) is 3.52. The van der Waals surface area contributed by atoms with Gasteiger partial charge in [-0.2, -0.15) is 5.26 Å². The van der Waals surface area contributed by atoms with E-state index in [9.17, 15) is 10.1 Å². The molecule has 1 N–H and O–H groups in total. The van der Waals surface area contributed by atoms with Crippen molar-refractivity contribution in [2.45, 2.75) is 58.6 Å². The molecule has 0 saturated carbocycles. The van der Waals surface area contributed by atoms with Crippen molar-refractivity contribution in [2.75, 3.05) is 13.1 Å². The van der Waals surface area contributed by atoms with Gasteiger partial charge < -0.3 is 15.0 Å². The number of aromatic nitrogens is 1. The van der Waals surface area contributed by atoms with Gasteiger partial charge in [0.25, 0.3) is 0 Å². The van der Waals surface area contributed by atoms with Gasteiger partial charge in [-0.3, -0.25) is 0 Å². The molecular weight excluding hydrogens is 468 g/mol. The number of fused-ring (bicyclic) bond motifs is 1. The Kier molecular flexibility index (Phi) is 6.97. The Morgan fingerprint density at radius 2 is 2.14 bits per heavy atom. The number of thiazole rings is 1. The number of urea groups is 1. The van der Waals surface area contributed by atoms with Crippen LogP contribution in [0.2, 0.25) is 0 Å². The molecule has 0 spiro atoms. The van der Waals surface area contributed by atoms with Gasteiger partial charge in [0, 0.05) is 24.8 Å². The maximum absolute atomic E-state index is 12.9. The smallest absolute Gasteiger partial charge is 0.317 e. The normalized spacial score (nSPS) is 19.1. The van der Waals surface area contributed by atoms with Crippen LogP contribution < -0.4 is 10.1 Å². The Balaban J connectivity index is 1.36. The first-order valence-electron chi connectivity index (χ1n) is 12.8. The number of hydrogen-bond donors (Lipinski definition) is 1. The molecule has 3 aromatic rings. The van der Waals surface area contributed by atoms with E-state index in [-0.39, 0.29) is 18.2 Å². The van der Waals surface area contributed by atoms with Crippen molar-refractivity contribution >= 4 is 17.4 Å². The van der Waals surface area contributed by atoms with Crippen LogP contribution >= 0.6 is 11.3 Å². The zero-order valence-corrected chi connectivity index (χ0v) is 21.9. The summed E-state index contributed by atoms with van der Waals surface area (Å²) in [6.45, 7) is 7.80. The van der Waals surface area contributed by atoms with Crippen LogP contribution in [0.15, 0.2) is 42.6 Å². The lowest BCUT2D eigenvalue weighted by Gasteiger charge is -2.32. The molecule has 2 heterocycles. The van der Waals surface area contributed by atoms with E-state index in [1.807, 2.05) is 43.1 Å². The van der Waals surface area contributed by atoms with Crippen molar-refractivity contribution in [2.24, 2.45) is 5.92 Å². The molecule has 2 atom stereocenters. The molecule has 2 aliphatic rings. The maximum Gasteiger partial charge on any atom is 0.317 e. The Hall–Kier alpha value is -3.37. The van der Waals surface area contributed by atoms with Crippen molar-refractivity contribution in [3.8, 4) is 32.8 Å². The van der Waals surface area contributed by atoms with Gasteiger partial charge in [-0.15, -0.1) is 11.3 Å². The topological polar surface area (TPSA) is 78.2 Å². The Bertz CT molecular complexity index is 1310. The lowest BCUT2D eigenvalue weighted by Crippen LogP contribution is -2.45. The zero-order valence-electron chi connectivity index (χ0n) is 21.1. The van der Waals surface area contributed by atoms with Crippen LogP contribution in [0, 0.1) is 17.2 Å². The van der Waals surface area contributed by atoms with Gasteiger partial charge in [-0.1, -0.05) is 25.1 Å². The largest absolute Gasteiger partial charge is 0.490 e. The molecule has 6 nitrogen and oxygen atoms in total. The first-order valence-corrected chi connectivity index (χ1v) is 13.6. The minimum atomic E-state index is 0.00612. The summed E-state index contributed by atoms with van der Waals surface area (Å²) in [5, 5.41) is 13.8. The van der Waals surface area contributed by atoms with E-state index in [0.717, 1.165) is 47.8 Å². The third-order valence-electron chi connectivity index (χ3n) is 6.99. The molecule has 0 radical (unpaired) electrons. The van der Waals surface area contributed by atoms with E-state index < -0.39 is 0 Å². The number of likely N-dealkylation sites (tertiary alicyclic amines) is 1. The SMILES string of the molecule is CC(C)Oc1ccc(-c2ncc(-c3cccc4c3CC[C@@H]4NC(=O)N3CCC[C@@H](C)C3)s2)cc1C#N. The molecule has 0 unspecified atom stereocenters. The monoisotopic (exact) mass is 500 g/mol.